The van der Waals surface area contributed by atoms with Crippen LogP contribution < -0.4 is 14.8 Å². The number of hydrogen-bond donors (Lipinski definition) is 1. The van der Waals surface area contributed by atoms with Crippen molar-refractivity contribution in [2.75, 3.05) is 33.0 Å². The molecule has 0 unspecified atom stereocenters. The number of nitrogens with one attached hydrogen (secondary N) is 1. The van der Waals surface area contributed by atoms with Crippen molar-refractivity contribution in [3.8, 4) is 11.5 Å². The van der Waals surface area contributed by atoms with Gasteiger partial charge in [0.2, 0.25) is 0 Å². The highest BCUT2D eigenvalue weighted by atomic mass is 16.5. The summed E-state index contributed by atoms with van der Waals surface area (Å²) >= 11 is 0. The minimum Gasteiger partial charge on any atom is -0.489 e. The number of amides is 1. The van der Waals surface area contributed by atoms with E-state index in [1.54, 1.807) is 12.1 Å². The molecule has 1 aliphatic heterocycles. The summed E-state index contributed by atoms with van der Waals surface area (Å²) in [5, 5.41) is 2.89. The Hall–Kier alpha value is -1.75. The summed E-state index contributed by atoms with van der Waals surface area (Å²) in [5.41, 5.74) is 0.811. The number of fused-ring (bicyclic) bond motifs is 1. The fourth-order valence-corrected chi connectivity index (χ4v) is 2.47. The van der Waals surface area contributed by atoms with Crippen molar-refractivity contribution < 1.29 is 19.0 Å². The van der Waals surface area contributed by atoms with Gasteiger partial charge in [-0.05, 0) is 44.4 Å². The molecule has 120 valence electrons. The Kier molecular flexibility index (Phi) is 4.52. The first-order valence-corrected chi connectivity index (χ1v) is 7.98. The third-order valence-corrected chi connectivity index (χ3v) is 4.19. The molecule has 1 aliphatic carbocycles. The largest absolute Gasteiger partial charge is 0.489 e. The molecule has 2 aliphatic rings. The second kappa shape index (κ2) is 6.57. The minimum absolute atomic E-state index is 0.0896. The molecule has 0 radical (unpaired) electrons. The summed E-state index contributed by atoms with van der Waals surface area (Å²) in [6.07, 6.45) is 3.13. The van der Waals surface area contributed by atoms with E-state index in [0.717, 1.165) is 25.0 Å². The number of benzene rings is 1. The topological polar surface area (TPSA) is 56.8 Å². The van der Waals surface area contributed by atoms with E-state index < -0.39 is 0 Å². The number of rotatable bonds is 6. The highest BCUT2D eigenvalue weighted by Crippen LogP contribution is 2.49. The molecule has 1 fully saturated rings. The number of carbonyl (C=O) groups is 1. The first-order chi connectivity index (χ1) is 10.7. The van der Waals surface area contributed by atoms with Gasteiger partial charge in [-0.15, -0.1) is 0 Å². The van der Waals surface area contributed by atoms with Crippen LogP contribution in [-0.2, 0) is 4.74 Å². The van der Waals surface area contributed by atoms with Gasteiger partial charge in [0.25, 0.3) is 5.91 Å². The quantitative estimate of drug-likeness (QED) is 0.820. The van der Waals surface area contributed by atoms with Crippen LogP contribution in [-0.4, -0.2) is 38.9 Å². The molecule has 0 bridgehead atoms. The van der Waals surface area contributed by atoms with E-state index in [4.69, 9.17) is 14.2 Å². The maximum absolute atomic E-state index is 12.1. The smallest absolute Gasteiger partial charge is 0.251 e. The number of carbonyl (C=O) groups excluding carboxylic acids is 1. The Labute approximate surface area is 130 Å². The van der Waals surface area contributed by atoms with E-state index in [9.17, 15) is 4.79 Å². The Bertz CT molecular complexity index is 539. The highest BCUT2D eigenvalue weighted by Gasteiger charge is 2.46. The van der Waals surface area contributed by atoms with Gasteiger partial charge >= 0.3 is 0 Å². The zero-order chi connectivity index (χ0) is 15.4. The van der Waals surface area contributed by atoms with Crippen LogP contribution >= 0.6 is 0 Å². The van der Waals surface area contributed by atoms with Crippen molar-refractivity contribution in [1.82, 2.24) is 5.32 Å². The summed E-state index contributed by atoms with van der Waals surface area (Å²) < 4.78 is 16.9. The lowest BCUT2D eigenvalue weighted by atomic mass is 10.1. The molecule has 1 amide bonds. The Morgan fingerprint density at radius 3 is 2.77 bits per heavy atom. The third kappa shape index (κ3) is 3.53. The summed E-state index contributed by atoms with van der Waals surface area (Å²) in [5.74, 6) is 1.32. The Morgan fingerprint density at radius 2 is 2.05 bits per heavy atom. The second-order valence-corrected chi connectivity index (χ2v) is 6.05. The molecule has 3 rings (SSSR count). The SMILES string of the molecule is CCOCCCNC(=O)c1ccc2c(c1)OCC1(CC1)CO2. The first kappa shape index (κ1) is 15.2. The van der Waals surface area contributed by atoms with Gasteiger partial charge in [-0.1, -0.05) is 0 Å². The van der Waals surface area contributed by atoms with Gasteiger partial charge in [-0.3, -0.25) is 4.79 Å². The molecule has 1 aromatic carbocycles. The van der Waals surface area contributed by atoms with Crippen LogP contribution in [0.3, 0.4) is 0 Å². The molecule has 1 spiro atoms. The minimum atomic E-state index is -0.0896. The third-order valence-electron chi connectivity index (χ3n) is 4.19. The zero-order valence-corrected chi connectivity index (χ0v) is 13.0. The highest BCUT2D eigenvalue weighted by molar-refractivity contribution is 5.94. The standard InChI is InChI=1S/C17H23NO4/c1-2-20-9-3-8-18-16(19)13-4-5-14-15(10-13)22-12-17(6-7-17)11-21-14/h4-5,10H,2-3,6-9,11-12H2,1H3,(H,18,19). The maximum Gasteiger partial charge on any atom is 0.251 e. The summed E-state index contributed by atoms with van der Waals surface area (Å²) in [7, 11) is 0. The molecule has 0 atom stereocenters. The van der Waals surface area contributed by atoms with Crippen molar-refractivity contribution in [1.29, 1.82) is 0 Å². The molecule has 1 aromatic rings. The molecule has 5 nitrogen and oxygen atoms in total. The lowest BCUT2D eigenvalue weighted by molar-refractivity contribution is 0.0943. The van der Waals surface area contributed by atoms with E-state index in [2.05, 4.69) is 5.32 Å². The predicted molar refractivity (Wildman–Crippen MR) is 82.5 cm³/mol. The van der Waals surface area contributed by atoms with Crippen LogP contribution in [0.15, 0.2) is 18.2 Å². The molecular weight excluding hydrogens is 282 g/mol. The van der Waals surface area contributed by atoms with Crippen LogP contribution in [0.25, 0.3) is 0 Å². The maximum atomic E-state index is 12.1. The van der Waals surface area contributed by atoms with Crippen LogP contribution in [0.4, 0.5) is 0 Å². The summed E-state index contributed by atoms with van der Waals surface area (Å²) in [4.78, 5) is 12.1. The Balaban J connectivity index is 1.56. The van der Waals surface area contributed by atoms with Gasteiger partial charge in [0.05, 0.1) is 13.2 Å². The van der Waals surface area contributed by atoms with E-state index in [1.807, 2.05) is 13.0 Å². The molecule has 1 saturated carbocycles. The molecule has 0 saturated heterocycles. The van der Waals surface area contributed by atoms with Crippen molar-refractivity contribution in [2.24, 2.45) is 5.41 Å². The van der Waals surface area contributed by atoms with Crippen LogP contribution in [0.2, 0.25) is 0 Å². The van der Waals surface area contributed by atoms with Gasteiger partial charge < -0.3 is 19.5 Å². The predicted octanol–water partition coefficient (Wildman–Crippen LogP) is 2.39. The van der Waals surface area contributed by atoms with E-state index >= 15 is 0 Å². The fraction of sp³-hybridized carbons (Fsp3) is 0.588. The number of hydrogen-bond acceptors (Lipinski definition) is 4. The van der Waals surface area contributed by atoms with Crippen molar-refractivity contribution in [3.63, 3.8) is 0 Å². The number of ether oxygens (including phenoxy) is 3. The van der Waals surface area contributed by atoms with Crippen molar-refractivity contribution >= 4 is 5.91 Å². The van der Waals surface area contributed by atoms with E-state index in [0.29, 0.717) is 44.3 Å². The van der Waals surface area contributed by atoms with Crippen LogP contribution in [0.1, 0.15) is 36.5 Å². The monoisotopic (exact) mass is 305 g/mol. The summed E-state index contributed by atoms with van der Waals surface area (Å²) in [6.45, 7) is 5.33. The average molecular weight is 305 g/mol. The fourth-order valence-electron chi connectivity index (χ4n) is 2.47. The molecule has 5 heteroatoms. The van der Waals surface area contributed by atoms with Gasteiger partial charge in [-0.2, -0.15) is 0 Å². The van der Waals surface area contributed by atoms with E-state index in [1.165, 1.54) is 0 Å². The normalized spacial score (nSPS) is 17.9. The van der Waals surface area contributed by atoms with E-state index in [-0.39, 0.29) is 11.3 Å². The first-order valence-electron chi connectivity index (χ1n) is 7.98. The lowest BCUT2D eigenvalue weighted by Gasteiger charge is -2.10. The summed E-state index contributed by atoms with van der Waals surface area (Å²) in [6, 6.07) is 5.38. The molecule has 1 heterocycles. The average Bonchev–Trinajstić information content (AvgIpc) is 3.33. The molecule has 0 aromatic heterocycles. The van der Waals surface area contributed by atoms with Gasteiger partial charge in [0.1, 0.15) is 0 Å². The Morgan fingerprint density at radius 1 is 1.27 bits per heavy atom. The van der Waals surface area contributed by atoms with Crippen molar-refractivity contribution in [3.05, 3.63) is 23.8 Å². The van der Waals surface area contributed by atoms with Crippen LogP contribution in [0, 0.1) is 5.41 Å². The second-order valence-electron chi connectivity index (χ2n) is 6.05. The van der Waals surface area contributed by atoms with Gasteiger partial charge in [0.15, 0.2) is 11.5 Å². The molecule has 22 heavy (non-hydrogen) atoms. The molecular formula is C17H23NO4. The zero-order valence-electron chi connectivity index (χ0n) is 13.0. The van der Waals surface area contributed by atoms with Crippen LogP contribution in [0.5, 0.6) is 11.5 Å². The van der Waals surface area contributed by atoms with Gasteiger partial charge in [0, 0.05) is 30.7 Å². The molecule has 1 N–H and O–H groups in total. The lowest BCUT2D eigenvalue weighted by Crippen LogP contribution is -2.25. The van der Waals surface area contributed by atoms with Gasteiger partial charge in [-0.25, -0.2) is 0 Å². The van der Waals surface area contributed by atoms with Crippen molar-refractivity contribution in [2.45, 2.75) is 26.2 Å².